The minimum absolute atomic E-state index is 0.0238. The normalized spacial score (nSPS) is 19.0. The van der Waals surface area contributed by atoms with Crippen molar-refractivity contribution in [3.8, 4) is 0 Å². The van der Waals surface area contributed by atoms with Crippen molar-refractivity contribution in [2.75, 3.05) is 18.8 Å². The van der Waals surface area contributed by atoms with Gasteiger partial charge in [-0.15, -0.1) is 0 Å². The van der Waals surface area contributed by atoms with Crippen molar-refractivity contribution in [2.45, 2.75) is 44.7 Å². The number of hydrogen-bond acceptors (Lipinski definition) is 6. The second-order valence-electron chi connectivity index (χ2n) is 6.81. The van der Waals surface area contributed by atoms with E-state index in [1.807, 2.05) is 0 Å². The van der Waals surface area contributed by atoms with Crippen LogP contribution in [0.1, 0.15) is 32.9 Å². The van der Waals surface area contributed by atoms with Crippen LogP contribution in [0, 0.1) is 12.8 Å². The van der Waals surface area contributed by atoms with Gasteiger partial charge >= 0.3 is 6.09 Å². The number of sulfone groups is 1. The molecule has 0 N–H and O–H groups in total. The Hall–Kier alpha value is -1.70. The lowest BCUT2D eigenvalue weighted by Gasteiger charge is -2.24. The number of carbonyl (C=O) groups excluding carboxylic acids is 1. The summed E-state index contributed by atoms with van der Waals surface area (Å²) in [5, 5.41) is 0.0238. The summed E-state index contributed by atoms with van der Waals surface area (Å²) in [5.74, 6) is -0.153. The molecule has 0 saturated carbocycles. The van der Waals surface area contributed by atoms with E-state index in [1.165, 1.54) is 12.4 Å². The van der Waals surface area contributed by atoms with E-state index in [0.717, 1.165) is 0 Å². The van der Waals surface area contributed by atoms with Crippen molar-refractivity contribution in [3.63, 3.8) is 0 Å². The lowest BCUT2D eigenvalue weighted by atomic mass is 10.2. The molecule has 1 atom stereocenters. The third kappa shape index (κ3) is 4.63. The second kappa shape index (κ2) is 6.43. The van der Waals surface area contributed by atoms with E-state index in [4.69, 9.17) is 4.74 Å². The van der Waals surface area contributed by atoms with Crippen LogP contribution in [0.5, 0.6) is 0 Å². The maximum atomic E-state index is 12.5. The number of ether oxygens (including phenoxy) is 1. The van der Waals surface area contributed by atoms with E-state index in [-0.39, 0.29) is 16.7 Å². The van der Waals surface area contributed by atoms with Gasteiger partial charge in [0, 0.05) is 25.5 Å². The number of carbonyl (C=O) groups is 1. The molecular formula is C15H23N3O4S. The van der Waals surface area contributed by atoms with E-state index in [1.54, 1.807) is 32.6 Å². The molecule has 1 amide bonds. The van der Waals surface area contributed by atoms with E-state index >= 15 is 0 Å². The van der Waals surface area contributed by atoms with Crippen molar-refractivity contribution in [2.24, 2.45) is 5.92 Å². The first kappa shape index (κ1) is 17.7. The highest BCUT2D eigenvalue weighted by Crippen LogP contribution is 2.23. The highest BCUT2D eigenvalue weighted by atomic mass is 32.2. The Kier molecular flexibility index (Phi) is 4.93. The molecule has 2 rings (SSSR count). The zero-order valence-corrected chi connectivity index (χ0v) is 14.8. The van der Waals surface area contributed by atoms with Gasteiger partial charge in [0.05, 0.1) is 11.4 Å². The fourth-order valence-corrected chi connectivity index (χ4v) is 4.33. The summed E-state index contributed by atoms with van der Waals surface area (Å²) in [7, 11) is -3.51. The molecule has 1 saturated heterocycles. The molecule has 128 valence electrons. The molecule has 8 heteroatoms. The van der Waals surface area contributed by atoms with Crippen molar-refractivity contribution in [3.05, 3.63) is 18.1 Å². The largest absolute Gasteiger partial charge is 0.444 e. The average Bonchev–Trinajstić information content (AvgIpc) is 2.85. The van der Waals surface area contributed by atoms with Gasteiger partial charge in [0.2, 0.25) is 0 Å². The first-order valence-corrected chi connectivity index (χ1v) is 9.22. The van der Waals surface area contributed by atoms with Crippen molar-refractivity contribution < 1.29 is 17.9 Å². The maximum Gasteiger partial charge on any atom is 0.410 e. The van der Waals surface area contributed by atoms with Gasteiger partial charge in [0.15, 0.2) is 14.9 Å². The van der Waals surface area contributed by atoms with Gasteiger partial charge in [-0.1, -0.05) is 0 Å². The van der Waals surface area contributed by atoms with E-state index in [9.17, 15) is 13.2 Å². The summed E-state index contributed by atoms with van der Waals surface area (Å²) in [4.78, 5) is 21.5. The molecule has 0 unspecified atom stereocenters. The van der Waals surface area contributed by atoms with Crippen LogP contribution in [0.15, 0.2) is 17.4 Å². The Labute approximate surface area is 137 Å². The van der Waals surface area contributed by atoms with Crippen LogP contribution < -0.4 is 0 Å². The van der Waals surface area contributed by atoms with Crippen LogP contribution in [-0.4, -0.2) is 53.8 Å². The van der Waals surface area contributed by atoms with E-state index in [0.29, 0.717) is 25.2 Å². The summed E-state index contributed by atoms with van der Waals surface area (Å²) in [6, 6.07) is 0. The minimum atomic E-state index is -3.51. The predicted molar refractivity (Wildman–Crippen MR) is 84.7 cm³/mol. The minimum Gasteiger partial charge on any atom is -0.444 e. The summed E-state index contributed by atoms with van der Waals surface area (Å²) in [6.07, 6.45) is 3.08. The third-order valence-corrected chi connectivity index (χ3v) is 5.42. The Balaban J connectivity index is 2.01. The lowest BCUT2D eigenvalue weighted by molar-refractivity contribution is 0.0289. The number of nitrogens with zero attached hydrogens (tertiary/aromatic N) is 3. The number of aryl methyl sites for hydroxylation is 1. The molecule has 1 aliphatic heterocycles. The molecule has 23 heavy (non-hydrogen) atoms. The zero-order chi connectivity index (χ0) is 17.3. The van der Waals surface area contributed by atoms with Crippen LogP contribution in [0.4, 0.5) is 4.79 Å². The monoisotopic (exact) mass is 341 g/mol. The Bertz CT molecular complexity index is 682. The van der Waals surface area contributed by atoms with Crippen molar-refractivity contribution in [1.82, 2.24) is 14.9 Å². The average molecular weight is 341 g/mol. The first-order chi connectivity index (χ1) is 10.6. The topological polar surface area (TPSA) is 89.5 Å². The summed E-state index contributed by atoms with van der Waals surface area (Å²) in [6.45, 7) is 7.93. The molecule has 1 aromatic rings. The van der Waals surface area contributed by atoms with Gasteiger partial charge in [-0.05, 0) is 40.0 Å². The second-order valence-corrected chi connectivity index (χ2v) is 8.76. The quantitative estimate of drug-likeness (QED) is 0.833. The number of amides is 1. The maximum absolute atomic E-state index is 12.5. The van der Waals surface area contributed by atoms with Gasteiger partial charge in [0.25, 0.3) is 0 Å². The molecule has 1 aliphatic rings. The number of aromatic nitrogens is 2. The van der Waals surface area contributed by atoms with Crippen molar-refractivity contribution >= 4 is 15.9 Å². The number of likely N-dealkylation sites (tertiary alicyclic amines) is 1. The highest BCUT2D eigenvalue weighted by Gasteiger charge is 2.33. The van der Waals surface area contributed by atoms with Crippen LogP contribution in [0.3, 0.4) is 0 Å². The summed E-state index contributed by atoms with van der Waals surface area (Å²) in [5.41, 5.74) is -0.160. The van der Waals surface area contributed by atoms with Gasteiger partial charge < -0.3 is 9.64 Å². The standard InChI is InChI=1S/C15H23N3O4S/c1-11-13(17-7-6-16-11)23(20,21)10-12-5-8-18(9-12)14(19)22-15(2,3)4/h6-7,12H,5,8-10H2,1-4H3/t12-/m0/s1. The number of rotatable bonds is 3. The van der Waals surface area contributed by atoms with E-state index in [2.05, 4.69) is 9.97 Å². The first-order valence-electron chi connectivity index (χ1n) is 7.57. The molecule has 1 aromatic heterocycles. The molecule has 1 fully saturated rings. The van der Waals surface area contributed by atoms with Crippen LogP contribution in [-0.2, 0) is 14.6 Å². The predicted octanol–water partition coefficient (Wildman–Crippen LogP) is 1.82. The van der Waals surface area contributed by atoms with E-state index < -0.39 is 21.5 Å². The van der Waals surface area contributed by atoms with Crippen molar-refractivity contribution in [1.29, 1.82) is 0 Å². The molecule has 2 heterocycles. The molecular weight excluding hydrogens is 318 g/mol. The summed E-state index contributed by atoms with van der Waals surface area (Å²) >= 11 is 0. The Morgan fingerprint density at radius 2 is 2.00 bits per heavy atom. The smallest absolute Gasteiger partial charge is 0.410 e. The van der Waals surface area contributed by atoms with Gasteiger partial charge in [0.1, 0.15) is 5.60 Å². The SMILES string of the molecule is Cc1nccnc1S(=O)(=O)C[C@H]1CCN(C(=O)OC(C)(C)C)C1. The molecule has 0 radical (unpaired) electrons. The van der Waals surface area contributed by atoms with Crippen LogP contribution in [0.25, 0.3) is 0 Å². The third-order valence-electron chi connectivity index (χ3n) is 3.52. The van der Waals surface area contributed by atoms with Gasteiger partial charge in [-0.3, -0.25) is 4.98 Å². The fraction of sp³-hybridized carbons (Fsp3) is 0.667. The Morgan fingerprint density at radius 3 is 2.61 bits per heavy atom. The highest BCUT2D eigenvalue weighted by molar-refractivity contribution is 7.91. The van der Waals surface area contributed by atoms with Crippen LogP contribution >= 0.6 is 0 Å². The summed E-state index contributed by atoms with van der Waals surface area (Å²) < 4.78 is 30.3. The van der Waals surface area contributed by atoms with Gasteiger partial charge in [-0.2, -0.15) is 0 Å². The molecule has 0 aliphatic carbocycles. The molecule has 0 spiro atoms. The molecule has 7 nitrogen and oxygen atoms in total. The van der Waals surface area contributed by atoms with Crippen LogP contribution in [0.2, 0.25) is 0 Å². The number of hydrogen-bond donors (Lipinski definition) is 0. The molecule has 0 bridgehead atoms. The fourth-order valence-electron chi connectivity index (χ4n) is 2.55. The van der Waals surface area contributed by atoms with Gasteiger partial charge in [-0.25, -0.2) is 18.2 Å². The lowest BCUT2D eigenvalue weighted by Crippen LogP contribution is -2.35. The molecule has 0 aromatic carbocycles. The Morgan fingerprint density at radius 1 is 1.35 bits per heavy atom. The zero-order valence-electron chi connectivity index (χ0n) is 13.9.